The highest BCUT2D eigenvalue weighted by molar-refractivity contribution is 5.51. The van der Waals surface area contributed by atoms with Crippen molar-refractivity contribution in [1.82, 2.24) is 0 Å². The van der Waals surface area contributed by atoms with Crippen LogP contribution in [0.25, 0.3) is 0 Å². The Morgan fingerprint density at radius 3 is 2.25 bits per heavy atom. The maximum absolute atomic E-state index is 11.4. The van der Waals surface area contributed by atoms with Gasteiger partial charge in [0, 0.05) is 24.8 Å². The van der Waals surface area contributed by atoms with E-state index < -0.39 is 0 Å². The molecule has 2 N–H and O–H groups in total. The van der Waals surface area contributed by atoms with Crippen molar-refractivity contribution in [3.8, 4) is 0 Å². The molecule has 0 saturated heterocycles. The second-order valence-electron chi connectivity index (χ2n) is 4.06. The van der Waals surface area contributed by atoms with Crippen molar-refractivity contribution >= 4 is 11.5 Å². The lowest BCUT2D eigenvalue weighted by Gasteiger charge is -2.24. The highest BCUT2D eigenvalue weighted by Gasteiger charge is 2.10. The van der Waals surface area contributed by atoms with Crippen LogP contribution in [0.2, 0.25) is 0 Å². The van der Waals surface area contributed by atoms with E-state index in [1.165, 1.54) is 0 Å². The summed E-state index contributed by atoms with van der Waals surface area (Å²) < 4.78 is 0.763. The molecule has 1 aromatic rings. The van der Waals surface area contributed by atoms with Crippen molar-refractivity contribution in [3.05, 3.63) is 23.0 Å². The molecule has 0 aliphatic rings. The monoisotopic (exact) mass is 223 g/mol. The molecule has 0 aliphatic carbocycles. The number of hydrogen-bond acceptors (Lipinski definition) is 3. The number of aryl methyl sites for hydroxylation is 1. The first-order valence-electron chi connectivity index (χ1n) is 5.84. The minimum absolute atomic E-state index is 0.271. The van der Waals surface area contributed by atoms with E-state index in [0.29, 0.717) is 5.69 Å². The van der Waals surface area contributed by atoms with Gasteiger partial charge in [-0.15, -0.1) is 0 Å². The highest BCUT2D eigenvalue weighted by atomic mass is 16.5. The van der Waals surface area contributed by atoms with Crippen LogP contribution in [-0.2, 0) is 0 Å². The van der Waals surface area contributed by atoms with Gasteiger partial charge >= 0.3 is 0 Å². The molecular weight excluding hydrogens is 202 g/mol. The van der Waals surface area contributed by atoms with Crippen molar-refractivity contribution in [1.29, 1.82) is 0 Å². The summed E-state index contributed by atoms with van der Waals surface area (Å²) in [7, 11) is 0. The number of rotatable bonds is 5. The quantitative estimate of drug-likeness (QED) is 0.612. The Kier molecular flexibility index (Phi) is 4.40. The maximum atomic E-state index is 11.4. The molecule has 0 spiro atoms. The van der Waals surface area contributed by atoms with Gasteiger partial charge in [0.1, 0.15) is 5.69 Å². The molecule has 0 saturated carbocycles. The lowest BCUT2D eigenvalue weighted by molar-refractivity contribution is -0.596. The molecular formula is C12H21N3O. The molecule has 4 heteroatoms. The van der Waals surface area contributed by atoms with E-state index in [9.17, 15) is 5.21 Å². The van der Waals surface area contributed by atoms with Gasteiger partial charge in [0.25, 0.3) is 5.82 Å². The average Bonchev–Trinajstić information content (AvgIpc) is 2.25. The van der Waals surface area contributed by atoms with E-state index in [4.69, 9.17) is 5.73 Å². The molecule has 90 valence electrons. The zero-order chi connectivity index (χ0) is 12.1. The molecule has 16 heavy (non-hydrogen) atoms. The van der Waals surface area contributed by atoms with Gasteiger partial charge in [-0.1, -0.05) is 13.8 Å². The summed E-state index contributed by atoms with van der Waals surface area (Å²) >= 11 is 0. The number of nitrogens with zero attached hydrogens (tertiary/aromatic N) is 2. The summed E-state index contributed by atoms with van der Waals surface area (Å²) in [5, 5.41) is 11.4. The van der Waals surface area contributed by atoms with Gasteiger partial charge in [0.15, 0.2) is 0 Å². The molecule has 1 aromatic heterocycles. The summed E-state index contributed by atoms with van der Waals surface area (Å²) in [6, 6.07) is 3.65. The third-order valence-electron chi connectivity index (χ3n) is 2.56. The van der Waals surface area contributed by atoms with E-state index in [1.54, 1.807) is 13.0 Å². The fourth-order valence-electron chi connectivity index (χ4n) is 1.82. The summed E-state index contributed by atoms with van der Waals surface area (Å²) in [4.78, 5) is 2.27. The van der Waals surface area contributed by atoms with Gasteiger partial charge in [0.05, 0.1) is 6.07 Å². The Morgan fingerprint density at radius 2 is 1.81 bits per heavy atom. The van der Waals surface area contributed by atoms with Crippen LogP contribution in [0.1, 0.15) is 32.4 Å². The van der Waals surface area contributed by atoms with Crippen molar-refractivity contribution < 1.29 is 4.73 Å². The Hall–Kier alpha value is -1.45. The fraction of sp³-hybridized carbons (Fsp3) is 0.583. The first-order valence-corrected chi connectivity index (χ1v) is 5.84. The van der Waals surface area contributed by atoms with Crippen LogP contribution in [0.5, 0.6) is 0 Å². The van der Waals surface area contributed by atoms with Crippen LogP contribution in [-0.4, -0.2) is 13.1 Å². The highest BCUT2D eigenvalue weighted by Crippen LogP contribution is 2.17. The summed E-state index contributed by atoms with van der Waals surface area (Å²) in [6.07, 6.45) is 2.18. The number of pyridine rings is 1. The van der Waals surface area contributed by atoms with Gasteiger partial charge in [0.2, 0.25) is 0 Å². The largest absolute Gasteiger partial charge is 0.710 e. The number of nitrogen functional groups attached to an aromatic ring is 1. The van der Waals surface area contributed by atoms with Crippen LogP contribution in [0.3, 0.4) is 0 Å². The van der Waals surface area contributed by atoms with Gasteiger partial charge in [-0.05, 0) is 19.8 Å². The zero-order valence-electron chi connectivity index (χ0n) is 10.4. The van der Waals surface area contributed by atoms with Crippen LogP contribution < -0.4 is 15.4 Å². The molecule has 0 unspecified atom stereocenters. The smallest absolute Gasteiger partial charge is 0.277 e. The van der Waals surface area contributed by atoms with Crippen LogP contribution in [0.4, 0.5) is 11.5 Å². The normalized spacial score (nSPS) is 10.4. The summed E-state index contributed by atoms with van der Waals surface area (Å²) in [6.45, 7) is 8.07. The second-order valence-corrected chi connectivity index (χ2v) is 4.06. The zero-order valence-corrected chi connectivity index (χ0v) is 10.4. The number of anilines is 2. The molecule has 0 fully saturated rings. The van der Waals surface area contributed by atoms with Crippen LogP contribution in [0.15, 0.2) is 12.1 Å². The van der Waals surface area contributed by atoms with Crippen molar-refractivity contribution in [2.75, 3.05) is 23.7 Å². The van der Waals surface area contributed by atoms with Crippen molar-refractivity contribution in [3.63, 3.8) is 0 Å². The first kappa shape index (κ1) is 12.6. The second kappa shape index (κ2) is 5.58. The van der Waals surface area contributed by atoms with E-state index in [0.717, 1.165) is 36.3 Å². The van der Waals surface area contributed by atoms with Gasteiger partial charge in [-0.25, -0.2) is 4.73 Å². The number of hydrogen-bond donors (Lipinski definition) is 1. The van der Waals surface area contributed by atoms with Crippen molar-refractivity contribution in [2.24, 2.45) is 0 Å². The Labute approximate surface area is 97.3 Å². The molecule has 0 atom stereocenters. The van der Waals surface area contributed by atoms with Gasteiger partial charge in [-0.3, -0.25) is 5.73 Å². The van der Waals surface area contributed by atoms with Gasteiger partial charge in [-0.2, -0.15) is 0 Å². The first-order chi connectivity index (χ1) is 7.60. The van der Waals surface area contributed by atoms with Gasteiger partial charge < -0.3 is 10.1 Å². The Bertz CT molecular complexity index is 323. The third-order valence-corrected chi connectivity index (χ3v) is 2.56. The Morgan fingerprint density at radius 1 is 1.25 bits per heavy atom. The average molecular weight is 223 g/mol. The third kappa shape index (κ3) is 2.78. The molecule has 0 amide bonds. The standard InChI is InChI=1S/C12H21N3O/c1-4-6-14(7-5-2)11-8-10(3)15(16)12(13)9-11/h8-9H,4-7,13H2,1-3H3. The predicted molar refractivity (Wildman–Crippen MR) is 67.3 cm³/mol. The fourth-order valence-corrected chi connectivity index (χ4v) is 1.82. The molecule has 1 rings (SSSR count). The molecule has 4 nitrogen and oxygen atoms in total. The lowest BCUT2D eigenvalue weighted by Crippen LogP contribution is -2.35. The van der Waals surface area contributed by atoms with E-state index in [2.05, 4.69) is 18.7 Å². The molecule has 0 radical (unpaired) electrons. The van der Waals surface area contributed by atoms with Crippen LogP contribution in [0, 0.1) is 12.1 Å². The molecule has 0 aromatic carbocycles. The summed E-state index contributed by atoms with van der Waals surface area (Å²) in [5.74, 6) is 0.271. The van der Waals surface area contributed by atoms with Crippen LogP contribution >= 0.6 is 0 Å². The molecule has 0 bridgehead atoms. The minimum Gasteiger partial charge on any atom is -0.710 e. The van der Waals surface area contributed by atoms with E-state index in [1.807, 2.05) is 6.07 Å². The number of aromatic nitrogens is 1. The van der Waals surface area contributed by atoms with E-state index in [-0.39, 0.29) is 5.82 Å². The molecule has 1 heterocycles. The maximum Gasteiger partial charge on any atom is 0.277 e. The predicted octanol–water partition coefficient (Wildman–Crippen LogP) is 1.84. The topological polar surface area (TPSA) is 56.2 Å². The lowest BCUT2D eigenvalue weighted by atomic mass is 10.2. The minimum atomic E-state index is 0.271. The Balaban J connectivity index is 3.00. The number of nitrogens with two attached hydrogens (primary N) is 1. The SMILES string of the molecule is CCCN(CCC)c1cc(C)[n+]([O-])c(N)c1. The van der Waals surface area contributed by atoms with E-state index >= 15 is 0 Å². The molecule has 0 aliphatic heterocycles. The summed E-state index contributed by atoms with van der Waals surface area (Å²) in [5.41, 5.74) is 7.37. The van der Waals surface area contributed by atoms with Crippen molar-refractivity contribution in [2.45, 2.75) is 33.6 Å².